The van der Waals surface area contributed by atoms with E-state index < -0.39 is 0 Å². The summed E-state index contributed by atoms with van der Waals surface area (Å²) in [5, 5.41) is 18.4. The van der Waals surface area contributed by atoms with Crippen molar-refractivity contribution in [2.45, 2.75) is 0 Å². The zero-order valence-electron chi connectivity index (χ0n) is 7.88. The van der Waals surface area contributed by atoms with E-state index in [0.29, 0.717) is 11.1 Å². The van der Waals surface area contributed by atoms with Gasteiger partial charge in [0.05, 0.1) is 11.6 Å². The second-order valence-corrected chi connectivity index (χ2v) is 3.08. The molecule has 2 aromatic rings. The molecule has 1 N–H and O–H groups in total. The van der Waals surface area contributed by atoms with Crippen LogP contribution in [0.3, 0.4) is 0 Å². The number of phenolic OH excluding ortho intramolecular Hbond substituents is 1. The predicted molar refractivity (Wildman–Crippen MR) is 56.1 cm³/mol. The molecular formula is C12H8N2O. The van der Waals surface area contributed by atoms with E-state index in [1.807, 2.05) is 6.07 Å². The second kappa shape index (κ2) is 3.81. The first-order valence-electron chi connectivity index (χ1n) is 4.45. The zero-order chi connectivity index (χ0) is 10.7. The van der Waals surface area contributed by atoms with Crippen molar-refractivity contribution in [1.29, 1.82) is 5.26 Å². The Kier molecular flexibility index (Phi) is 2.34. The number of hydrogen-bond donors (Lipinski definition) is 1. The molecule has 1 aromatic heterocycles. The highest BCUT2D eigenvalue weighted by Crippen LogP contribution is 2.29. The fraction of sp³-hybridized carbons (Fsp3) is 0. The fourth-order valence-corrected chi connectivity index (χ4v) is 1.37. The third kappa shape index (κ3) is 1.79. The highest BCUT2D eigenvalue weighted by atomic mass is 16.3. The molecule has 0 saturated carbocycles. The van der Waals surface area contributed by atoms with Gasteiger partial charge in [-0.15, -0.1) is 0 Å². The highest BCUT2D eigenvalue weighted by Gasteiger charge is 2.04. The summed E-state index contributed by atoms with van der Waals surface area (Å²) in [6.07, 6.45) is 3.29. The second-order valence-electron chi connectivity index (χ2n) is 3.08. The van der Waals surface area contributed by atoms with Crippen LogP contribution in [0.15, 0.2) is 42.7 Å². The van der Waals surface area contributed by atoms with Crippen LogP contribution in [0.4, 0.5) is 0 Å². The third-order valence-electron chi connectivity index (χ3n) is 2.12. The van der Waals surface area contributed by atoms with Gasteiger partial charge in [-0.25, -0.2) is 0 Å². The largest absolute Gasteiger partial charge is 0.507 e. The number of aromatic hydroxyl groups is 1. The summed E-state index contributed by atoms with van der Waals surface area (Å²) in [7, 11) is 0. The smallest absolute Gasteiger partial charge is 0.123 e. The van der Waals surface area contributed by atoms with E-state index in [2.05, 4.69) is 4.98 Å². The Morgan fingerprint density at radius 2 is 1.87 bits per heavy atom. The van der Waals surface area contributed by atoms with Crippen molar-refractivity contribution >= 4 is 0 Å². The van der Waals surface area contributed by atoms with Crippen LogP contribution in [-0.4, -0.2) is 10.1 Å². The van der Waals surface area contributed by atoms with Gasteiger partial charge in [-0.1, -0.05) is 0 Å². The van der Waals surface area contributed by atoms with Crippen LogP contribution in [0.5, 0.6) is 5.75 Å². The predicted octanol–water partition coefficient (Wildman–Crippen LogP) is 2.33. The van der Waals surface area contributed by atoms with Gasteiger partial charge in [-0.3, -0.25) is 4.98 Å². The summed E-state index contributed by atoms with van der Waals surface area (Å²) in [6, 6.07) is 10.4. The summed E-state index contributed by atoms with van der Waals surface area (Å²) < 4.78 is 0. The molecule has 0 spiro atoms. The maximum atomic E-state index is 9.65. The summed E-state index contributed by atoms with van der Waals surface area (Å²) in [4.78, 5) is 3.90. The van der Waals surface area contributed by atoms with Crippen molar-refractivity contribution in [1.82, 2.24) is 4.98 Å². The molecule has 0 aliphatic heterocycles. The third-order valence-corrected chi connectivity index (χ3v) is 2.12. The Balaban J connectivity index is 2.58. The molecule has 0 fully saturated rings. The summed E-state index contributed by atoms with van der Waals surface area (Å²) in [5.41, 5.74) is 2.02. The molecule has 3 nitrogen and oxygen atoms in total. The first-order chi connectivity index (χ1) is 7.31. The van der Waals surface area contributed by atoms with Crippen LogP contribution in [-0.2, 0) is 0 Å². The van der Waals surface area contributed by atoms with Crippen molar-refractivity contribution in [3.63, 3.8) is 0 Å². The number of benzene rings is 1. The van der Waals surface area contributed by atoms with E-state index in [1.54, 1.807) is 36.7 Å². The molecular weight excluding hydrogens is 188 g/mol. The van der Waals surface area contributed by atoms with E-state index in [0.717, 1.165) is 5.56 Å². The van der Waals surface area contributed by atoms with E-state index in [-0.39, 0.29) is 5.75 Å². The Labute approximate surface area is 87.3 Å². The molecule has 15 heavy (non-hydrogen) atoms. The molecule has 0 saturated heterocycles. The minimum absolute atomic E-state index is 0.167. The normalized spacial score (nSPS) is 9.53. The molecule has 2 rings (SSSR count). The summed E-state index contributed by atoms with van der Waals surface area (Å²) in [5.74, 6) is 0.167. The minimum atomic E-state index is 0.167. The molecule has 1 aromatic carbocycles. The van der Waals surface area contributed by atoms with Gasteiger partial charge in [-0.2, -0.15) is 5.26 Å². The van der Waals surface area contributed by atoms with Crippen molar-refractivity contribution in [2.75, 3.05) is 0 Å². The maximum Gasteiger partial charge on any atom is 0.123 e. The van der Waals surface area contributed by atoms with Crippen molar-refractivity contribution in [3.8, 4) is 22.9 Å². The number of nitriles is 1. The van der Waals surface area contributed by atoms with Crippen LogP contribution < -0.4 is 0 Å². The van der Waals surface area contributed by atoms with E-state index in [1.165, 1.54) is 6.07 Å². The Hall–Kier alpha value is -2.34. The van der Waals surface area contributed by atoms with E-state index >= 15 is 0 Å². The van der Waals surface area contributed by atoms with Crippen LogP contribution in [0.2, 0.25) is 0 Å². The lowest BCUT2D eigenvalue weighted by Gasteiger charge is -2.04. The Morgan fingerprint density at radius 3 is 2.53 bits per heavy atom. The zero-order valence-corrected chi connectivity index (χ0v) is 7.88. The lowest BCUT2D eigenvalue weighted by atomic mass is 10.0. The standard InChI is InChI=1S/C12H8N2O/c13-8-9-1-2-12(15)11(7-9)10-3-5-14-6-4-10/h1-7,15H. The van der Waals surface area contributed by atoms with Crippen LogP contribution >= 0.6 is 0 Å². The molecule has 0 amide bonds. The topological polar surface area (TPSA) is 56.9 Å². The number of pyridine rings is 1. The van der Waals surface area contributed by atoms with Gasteiger partial charge >= 0.3 is 0 Å². The number of aromatic nitrogens is 1. The fourth-order valence-electron chi connectivity index (χ4n) is 1.37. The average molecular weight is 196 g/mol. The van der Waals surface area contributed by atoms with Crippen molar-refractivity contribution in [3.05, 3.63) is 48.3 Å². The Bertz CT molecular complexity index is 515. The quantitative estimate of drug-likeness (QED) is 0.761. The summed E-state index contributed by atoms with van der Waals surface area (Å²) >= 11 is 0. The van der Waals surface area contributed by atoms with Gasteiger partial charge in [-0.05, 0) is 35.9 Å². The molecule has 0 aliphatic carbocycles. The molecule has 72 valence electrons. The number of rotatable bonds is 1. The first kappa shape index (κ1) is 9.22. The average Bonchev–Trinajstić information content (AvgIpc) is 2.31. The monoisotopic (exact) mass is 196 g/mol. The molecule has 0 unspecified atom stereocenters. The van der Waals surface area contributed by atoms with E-state index in [4.69, 9.17) is 5.26 Å². The summed E-state index contributed by atoms with van der Waals surface area (Å²) in [6.45, 7) is 0. The molecule has 0 bridgehead atoms. The first-order valence-corrected chi connectivity index (χ1v) is 4.45. The molecule has 3 heteroatoms. The van der Waals surface area contributed by atoms with Crippen LogP contribution in [0.1, 0.15) is 5.56 Å². The molecule has 1 heterocycles. The van der Waals surface area contributed by atoms with Gasteiger partial charge in [0.1, 0.15) is 5.75 Å². The number of hydrogen-bond acceptors (Lipinski definition) is 3. The maximum absolute atomic E-state index is 9.65. The highest BCUT2D eigenvalue weighted by molar-refractivity contribution is 5.71. The number of phenols is 1. The van der Waals surface area contributed by atoms with Gasteiger partial charge in [0.25, 0.3) is 0 Å². The SMILES string of the molecule is N#Cc1ccc(O)c(-c2ccncc2)c1. The van der Waals surface area contributed by atoms with E-state index in [9.17, 15) is 5.11 Å². The minimum Gasteiger partial charge on any atom is -0.507 e. The van der Waals surface area contributed by atoms with Crippen LogP contribution in [0.25, 0.3) is 11.1 Å². The lowest BCUT2D eigenvalue weighted by Crippen LogP contribution is -1.82. The molecule has 0 radical (unpaired) electrons. The van der Waals surface area contributed by atoms with Gasteiger partial charge < -0.3 is 5.11 Å². The Morgan fingerprint density at radius 1 is 1.13 bits per heavy atom. The van der Waals surface area contributed by atoms with Crippen LogP contribution in [0, 0.1) is 11.3 Å². The van der Waals surface area contributed by atoms with Gasteiger partial charge in [0.15, 0.2) is 0 Å². The molecule has 0 aliphatic rings. The van der Waals surface area contributed by atoms with Gasteiger partial charge in [0, 0.05) is 18.0 Å². The van der Waals surface area contributed by atoms with Gasteiger partial charge in [0.2, 0.25) is 0 Å². The lowest BCUT2D eigenvalue weighted by molar-refractivity contribution is 0.477. The number of nitrogens with zero attached hydrogens (tertiary/aromatic N) is 2. The van der Waals surface area contributed by atoms with Crippen molar-refractivity contribution in [2.24, 2.45) is 0 Å². The van der Waals surface area contributed by atoms with Crippen molar-refractivity contribution < 1.29 is 5.11 Å². The molecule has 0 atom stereocenters.